The SMILES string of the molecule is CCCOCCn1cc(-c2ccc(I)cc2)cn1. The number of halogens is 1. The van der Waals surface area contributed by atoms with Gasteiger partial charge in [-0.1, -0.05) is 19.1 Å². The summed E-state index contributed by atoms with van der Waals surface area (Å²) in [6.45, 7) is 4.47. The second-order valence-electron chi connectivity index (χ2n) is 4.11. The van der Waals surface area contributed by atoms with E-state index in [0.717, 1.165) is 31.7 Å². The molecular formula is C14H17IN2O. The Morgan fingerprint density at radius 1 is 1.17 bits per heavy atom. The van der Waals surface area contributed by atoms with Gasteiger partial charge in [0.2, 0.25) is 0 Å². The van der Waals surface area contributed by atoms with Crippen LogP contribution in [-0.2, 0) is 11.3 Å². The van der Waals surface area contributed by atoms with Crippen molar-refractivity contribution in [3.8, 4) is 11.1 Å². The Hall–Kier alpha value is -0.880. The zero-order chi connectivity index (χ0) is 12.8. The number of ether oxygens (including phenoxy) is 1. The highest BCUT2D eigenvalue weighted by Gasteiger charge is 2.01. The maximum absolute atomic E-state index is 5.46. The minimum Gasteiger partial charge on any atom is -0.380 e. The molecule has 0 aliphatic carbocycles. The maximum atomic E-state index is 5.46. The van der Waals surface area contributed by atoms with Crippen LogP contribution < -0.4 is 0 Å². The maximum Gasteiger partial charge on any atom is 0.0662 e. The van der Waals surface area contributed by atoms with Crippen LogP contribution in [-0.4, -0.2) is 23.0 Å². The monoisotopic (exact) mass is 356 g/mol. The molecule has 0 spiro atoms. The minimum absolute atomic E-state index is 0.724. The first-order valence-corrected chi connectivity index (χ1v) is 7.23. The average Bonchev–Trinajstić information content (AvgIpc) is 2.84. The van der Waals surface area contributed by atoms with E-state index in [1.807, 2.05) is 10.9 Å². The van der Waals surface area contributed by atoms with E-state index >= 15 is 0 Å². The molecular weight excluding hydrogens is 339 g/mol. The van der Waals surface area contributed by atoms with E-state index in [1.165, 1.54) is 9.13 Å². The van der Waals surface area contributed by atoms with Crippen LogP contribution in [0.2, 0.25) is 0 Å². The lowest BCUT2D eigenvalue weighted by molar-refractivity contribution is 0.124. The molecule has 0 radical (unpaired) electrons. The number of nitrogens with zero attached hydrogens (tertiary/aromatic N) is 2. The first-order chi connectivity index (χ1) is 8.79. The summed E-state index contributed by atoms with van der Waals surface area (Å²) in [5.41, 5.74) is 2.36. The molecule has 0 atom stereocenters. The van der Waals surface area contributed by atoms with E-state index in [2.05, 4.69) is 65.1 Å². The fraction of sp³-hybridized carbons (Fsp3) is 0.357. The van der Waals surface area contributed by atoms with Gasteiger partial charge in [-0.2, -0.15) is 5.10 Å². The summed E-state index contributed by atoms with van der Waals surface area (Å²) in [5, 5.41) is 4.35. The molecule has 18 heavy (non-hydrogen) atoms. The molecule has 0 N–H and O–H groups in total. The van der Waals surface area contributed by atoms with Crippen molar-refractivity contribution in [1.29, 1.82) is 0 Å². The molecule has 0 aliphatic heterocycles. The van der Waals surface area contributed by atoms with Crippen molar-refractivity contribution in [3.63, 3.8) is 0 Å². The van der Waals surface area contributed by atoms with Gasteiger partial charge in [-0.15, -0.1) is 0 Å². The van der Waals surface area contributed by atoms with E-state index < -0.39 is 0 Å². The van der Waals surface area contributed by atoms with Crippen LogP contribution in [0.4, 0.5) is 0 Å². The summed E-state index contributed by atoms with van der Waals surface area (Å²) in [5.74, 6) is 0. The van der Waals surface area contributed by atoms with Crippen LogP contribution in [0.15, 0.2) is 36.7 Å². The second-order valence-corrected chi connectivity index (χ2v) is 5.36. The van der Waals surface area contributed by atoms with E-state index in [9.17, 15) is 0 Å². The largest absolute Gasteiger partial charge is 0.380 e. The van der Waals surface area contributed by atoms with Crippen LogP contribution in [0, 0.1) is 3.57 Å². The summed E-state index contributed by atoms with van der Waals surface area (Å²) in [6.07, 6.45) is 5.03. The lowest BCUT2D eigenvalue weighted by Gasteiger charge is -2.02. The Kier molecular flexibility index (Phi) is 5.19. The van der Waals surface area contributed by atoms with Crippen LogP contribution in [0.1, 0.15) is 13.3 Å². The summed E-state index contributed by atoms with van der Waals surface area (Å²) < 4.78 is 8.64. The van der Waals surface area contributed by atoms with Gasteiger partial charge in [-0.05, 0) is 46.7 Å². The number of rotatable bonds is 6. The normalized spacial score (nSPS) is 10.8. The standard InChI is InChI=1S/C14H17IN2O/c1-2-8-18-9-7-17-11-13(10-16-17)12-3-5-14(15)6-4-12/h3-6,10-11H,2,7-9H2,1H3. The van der Waals surface area contributed by atoms with Gasteiger partial charge in [0.05, 0.1) is 19.3 Å². The summed E-state index contributed by atoms with van der Waals surface area (Å²) >= 11 is 2.31. The highest BCUT2D eigenvalue weighted by Crippen LogP contribution is 2.19. The van der Waals surface area contributed by atoms with E-state index in [0.29, 0.717) is 0 Å². The molecule has 0 amide bonds. The van der Waals surface area contributed by atoms with Crippen LogP contribution >= 0.6 is 22.6 Å². The zero-order valence-electron chi connectivity index (χ0n) is 10.5. The van der Waals surface area contributed by atoms with Gasteiger partial charge in [0, 0.05) is 21.9 Å². The molecule has 0 saturated heterocycles. The molecule has 3 nitrogen and oxygen atoms in total. The lowest BCUT2D eigenvalue weighted by Crippen LogP contribution is -2.06. The Labute approximate surface area is 121 Å². The Balaban J connectivity index is 1.95. The van der Waals surface area contributed by atoms with Crippen molar-refractivity contribution in [3.05, 3.63) is 40.2 Å². The first kappa shape index (κ1) is 13.5. The predicted octanol–water partition coefficient (Wildman–Crippen LogP) is 3.58. The zero-order valence-corrected chi connectivity index (χ0v) is 12.6. The molecule has 0 unspecified atom stereocenters. The average molecular weight is 356 g/mol. The third-order valence-electron chi connectivity index (χ3n) is 2.62. The molecule has 1 aromatic carbocycles. The van der Waals surface area contributed by atoms with Gasteiger partial charge in [-0.25, -0.2) is 0 Å². The molecule has 2 aromatic rings. The topological polar surface area (TPSA) is 27.1 Å². The summed E-state index contributed by atoms with van der Waals surface area (Å²) in [4.78, 5) is 0. The van der Waals surface area contributed by atoms with Crippen LogP contribution in [0.25, 0.3) is 11.1 Å². The number of hydrogen-bond donors (Lipinski definition) is 0. The summed E-state index contributed by atoms with van der Waals surface area (Å²) in [7, 11) is 0. The van der Waals surface area contributed by atoms with Crippen molar-refractivity contribution in [1.82, 2.24) is 9.78 Å². The molecule has 0 saturated carbocycles. The van der Waals surface area contributed by atoms with Crippen LogP contribution in [0.3, 0.4) is 0 Å². The van der Waals surface area contributed by atoms with Gasteiger partial charge < -0.3 is 4.74 Å². The highest BCUT2D eigenvalue weighted by molar-refractivity contribution is 14.1. The smallest absolute Gasteiger partial charge is 0.0662 e. The Morgan fingerprint density at radius 3 is 2.67 bits per heavy atom. The third kappa shape index (κ3) is 3.81. The fourth-order valence-corrected chi connectivity index (χ4v) is 2.04. The van der Waals surface area contributed by atoms with Gasteiger partial charge in [0.25, 0.3) is 0 Å². The molecule has 4 heteroatoms. The molecule has 1 aromatic heterocycles. The van der Waals surface area contributed by atoms with Crippen LogP contribution in [0.5, 0.6) is 0 Å². The van der Waals surface area contributed by atoms with Gasteiger partial charge in [0.1, 0.15) is 0 Å². The minimum atomic E-state index is 0.724. The molecule has 0 aliphatic rings. The molecule has 2 rings (SSSR count). The molecule has 1 heterocycles. The Bertz CT molecular complexity index is 479. The van der Waals surface area contributed by atoms with Crippen molar-refractivity contribution >= 4 is 22.6 Å². The van der Waals surface area contributed by atoms with Crippen molar-refractivity contribution < 1.29 is 4.74 Å². The number of benzene rings is 1. The summed E-state index contributed by atoms with van der Waals surface area (Å²) in [6, 6.07) is 8.46. The highest BCUT2D eigenvalue weighted by atomic mass is 127. The molecule has 0 fully saturated rings. The van der Waals surface area contributed by atoms with Gasteiger partial charge >= 0.3 is 0 Å². The van der Waals surface area contributed by atoms with Crippen molar-refractivity contribution in [2.75, 3.05) is 13.2 Å². The predicted molar refractivity (Wildman–Crippen MR) is 81.5 cm³/mol. The second kappa shape index (κ2) is 6.89. The molecule has 0 bridgehead atoms. The number of aromatic nitrogens is 2. The molecule has 96 valence electrons. The van der Waals surface area contributed by atoms with Gasteiger partial charge in [-0.3, -0.25) is 4.68 Å². The van der Waals surface area contributed by atoms with E-state index in [4.69, 9.17) is 4.74 Å². The van der Waals surface area contributed by atoms with E-state index in [1.54, 1.807) is 0 Å². The van der Waals surface area contributed by atoms with Crippen molar-refractivity contribution in [2.45, 2.75) is 19.9 Å². The first-order valence-electron chi connectivity index (χ1n) is 6.15. The van der Waals surface area contributed by atoms with E-state index in [-0.39, 0.29) is 0 Å². The Morgan fingerprint density at radius 2 is 1.94 bits per heavy atom. The fourth-order valence-electron chi connectivity index (χ4n) is 1.68. The quantitative estimate of drug-likeness (QED) is 0.584. The van der Waals surface area contributed by atoms with Crippen molar-refractivity contribution in [2.24, 2.45) is 0 Å². The number of hydrogen-bond acceptors (Lipinski definition) is 2. The lowest BCUT2D eigenvalue weighted by atomic mass is 10.1. The third-order valence-corrected chi connectivity index (χ3v) is 3.34. The van der Waals surface area contributed by atoms with Gasteiger partial charge in [0.15, 0.2) is 0 Å².